The summed E-state index contributed by atoms with van der Waals surface area (Å²) < 4.78 is 13.6. The van der Waals surface area contributed by atoms with Crippen LogP contribution in [0.3, 0.4) is 0 Å². The fourth-order valence-electron chi connectivity index (χ4n) is 2.80. The molecule has 1 unspecified atom stereocenters. The summed E-state index contributed by atoms with van der Waals surface area (Å²) in [5, 5.41) is 12.1. The van der Waals surface area contributed by atoms with Gasteiger partial charge in [-0.15, -0.1) is 0 Å². The van der Waals surface area contributed by atoms with Crippen molar-refractivity contribution in [2.24, 2.45) is 0 Å². The average molecular weight is 330 g/mol. The highest BCUT2D eigenvalue weighted by Crippen LogP contribution is 2.22. The Morgan fingerprint density at radius 1 is 1.25 bits per heavy atom. The number of aromatic amines is 1. The number of nitrogens with zero attached hydrogens (tertiary/aromatic N) is 1. The van der Waals surface area contributed by atoms with Crippen LogP contribution in [-0.4, -0.2) is 28.1 Å². The molecule has 126 valence electrons. The molecule has 3 N–H and O–H groups in total. The number of amides is 2. The monoisotopic (exact) mass is 330 g/mol. The van der Waals surface area contributed by atoms with Crippen LogP contribution in [0.1, 0.15) is 41.5 Å². The van der Waals surface area contributed by atoms with E-state index in [-0.39, 0.29) is 5.69 Å². The molecule has 0 aliphatic heterocycles. The molecule has 3 rings (SSSR count). The van der Waals surface area contributed by atoms with Gasteiger partial charge in [0.2, 0.25) is 5.91 Å². The van der Waals surface area contributed by atoms with Crippen molar-refractivity contribution < 1.29 is 14.0 Å². The third-order valence-electron chi connectivity index (χ3n) is 4.14. The SMILES string of the molecule is CC(NC(=O)c1n[nH]c2c1CCCC2)C(=O)Nc1ccccc1F. The van der Waals surface area contributed by atoms with E-state index < -0.39 is 23.7 Å². The van der Waals surface area contributed by atoms with E-state index in [1.807, 2.05) is 0 Å². The summed E-state index contributed by atoms with van der Waals surface area (Å²) >= 11 is 0. The summed E-state index contributed by atoms with van der Waals surface area (Å²) in [5.74, 6) is -1.41. The smallest absolute Gasteiger partial charge is 0.272 e. The summed E-state index contributed by atoms with van der Waals surface area (Å²) in [4.78, 5) is 24.5. The minimum Gasteiger partial charge on any atom is -0.339 e. The zero-order valence-electron chi connectivity index (χ0n) is 13.4. The second-order valence-electron chi connectivity index (χ2n) is 5.90. The number of H-pyrrole nitrogens is 1. The van der Waals surface area contributed by atoms with Crippen LogP contribution in [0.25, 0.3) is 0 Å². The Hall–Kier alpha value is -2.70. The van der Waals surface area contributed by atoms with Crippen LogP contribution in [0.15, 0.2) is 24.3 Å². The molecule has 6 nitrogen and oxygen atoms in total. The van der Waals surface area contributed by atoms with Crippen LogP contribution < -0.4 is 10.6 Å². The maximum absolute atomic E-state index is 13.6. The molecule has 0 spiro atoms. The maximum Gasteiger partial charge on any atom is 0.272 e. The number of aromatic nitrogens is 2. The number of carbonyl (C=O) groups is 2. The van der Waals surface area contributed by atoms with E-state index in [0.29, 0.717) is 5.69 Å². The van der Waals surface area contributed by atoms with Gasteiger partial charge in [0, 0.05) is 11.3 Å². The van der Waals surface area contributed by atoms with Gasteiger partial charge in [-0.2, -0.15) is 5.10 Å². The lowest BCUT2D eigenvalue weighted by Crippen LogP contribution is -2.42. The molecule has 7 heteroatoms. The number of para-hydroxylation sites is 1. The molecule has 0 fully saturated rings. The van der Waals surface area contributed by atoms with Crippen molar-refractivity contribution in [3.63, 3.8) is 0 Å². The fraction of sp³-hybridized carbons (Fsp3) is 0.353. The second-order valence-corrected chi connectivity index (χ2v) is 5.90. The predicted molar refractivity (Wildman–Crippen MR) is 87.2 cm³/mol. The molecule has 1 aromatic carbocycles. The van der Waals surface area contributed by atoms with Gasteiger partial charge in [0.15, 0.2) is 5.69 Å². The van der Waals surface area contributed by atoms with E-state index in [1.165, 1.54) is 18.2 Å². The molecule has 2 aromatic rings. The Kier molecular flexibility index (Phi) is 4.59. The number of fused-ring (bicyclic) bond motifs is 1. The number of hydrogen-bond acceptors (Lipinski definition) is 3. The number of rotatable bonds is 4. The van der Waals surface area contributed by atoms with Gasteiger partial charge in [0.05, 0.1) is 5.69 Å². The Balaban J connectivity index is 1.65. The summed E-state index contributed by atoms with van der Waals surface area (Å²) in [5.41, 5.74) is 2.35. The summed E-state index contributed by atoms with van der Waals surface area (Å²) in [6.07, 6.45) is 3.80. The first-order chi connectivity index (χ1) is 11.6. The molecule has 0 bridgehead atoms. The number of halogens is 1. The average Bonchev–Trinajstić information content (AvgIpc) is 3.01. The standard InChI is InChI=1S/C17H19FN4O2/c1-10(16(23)20-14-9-5-3-7-12(14)18)19-17(24)15-11-6-2-4-8-13(11)21-22-15/h3,5,7,9-10H,2,4,6,8H2,1H3,(H,19,24)(H,20,23)(H,21,22). The minimum absolute atomic E-state index is 0.0840. The molecule has 24 heavy (non-hydrogen) atoms. The molecule has 1 atom stereocenters. The zero-order valence-corrected chi connectivity index (χ0v) is 13.4. The normalized spacial score (nSPS) is 14.6. The number of nitrogens with one attached hydrogen (secondary N) is 3. The molecule has 1 aromatic heterocycles. The number of aryl methyl sites for hydroxylation is 1. The van der Waals surface area contributed by atoms with Crippen LogP contribution in [0, 0.1) is 5.82 Å². The van der Waals surface area contributed by atoms with Crippen molar-refractivity contribution in [1.29, 1.82) is 0 Å². The van der Waals surface area contributed by atoms with E-state index >= 15 is 0 Å². The third-order valence-corrected chi connectivity index (χ3v) is 4.14. The predicted octanol–water partition coefficient (Wildman–Crippen LogP) is 2.18. The molecule has 0 saturated heterocycles. The third kappa shape index (κ3) is 3.29. The van der Waals surface area contributed by atoms with Gasteiger partial charge in [0.25, 0.3) is 5.91 Å². The van der Waals surface area contributed by atoms with Gasteiger partial charge in [0.1, 0.15) is 11.9 Å². The van der Waals surface area contributed by atoms with Crippen molar-refractivity contribution in [1.82, 2.24) is 15.5 Å². The van der Waals surface area contributed by atoms with Gasteiger partial charge < -0.3 is 10.6 Å². The van der Waals surface area contributed by atoms with E-state index in [2.05, 4.69) is 20.8 Å². The summed E-state index contributed by atoms with van der Waals surface area (Å²) in [7, 11) is 0. The van der Waals surface area contributed by atoms with Crippen LogP contribution in [0.4, 0.5) is 10.1 Å². The Labute approximate surface area is 138 Å². The first-order valence-electron chi connectivity index (χ1n) is 7.98. The minimum atomic E-state index is -0.812. The van der Waals surface area contributed by atoms with Crippen LogP contribution in [-0.2, 0) is 17.6 Å². The second kappa shape index (κ2) is 6.82. The molecule has 0 saturated carbocycles. The number of benzene rings is 1. The van der Waals surface area contributed by atoms with E-state index in [0.717, 1.165) is 36.9 Å². The zero-order chi connectivity index (χ0) is 17.1. The van der Waals surface area contributed by atoms with Gasteiger partial charge in [-0.1, -0.05) is 12.1 Å². The molecule has 1 aliphatic carbocycles. The topological polar surface area (TPSA) is 86.9 Å². The van der Waals surface area contributed by atoms with E-state index in [4.69, 9.17) is 0 Å². The first kappa shape index (κ1) is 16.2. The number of anilines is 1. The van der Waals surface area contributed by atoms with E-state index in [1.54, 1.807) is 13.0 Å². The van der Waals surface area contributed by atoms with Gasteiger partial charge in [-0.05, 0) is 44.7 Å². The number of carbonyl (C=O) groups excluding carboxylic acids is 2. The largest absolute Gasteiger partial charge is 0.339 e. The Morgan fingerprint density at radius 3 is 2.79 bits per heavy atom. The van der Waals surface area contributed by atoms with Crippen LogP contribution >= 0.6 is 0 Å². The molecule has 0 radical (unpaired) electrons. The lowest BCUT2D eigenvalue weighted by molar-refractivity contribution is -0.117. The van der Waals surface area contributed by atoms with Gasteiger partial charge in [-0.25, -0.2) is 4.39 Å². The van der Waals surface area contributed by atoms with E-state index in [9.17, 15) is 14.0 Å². The molecule has 2 amide bonds. The van der Waals surface area contributed by atoms with Gasteiger partial charge in [-0.3, -0.25) is 14.7 Å². The highest BCUT2D eigenvalue weighted by Gasteiger charge is 2.24. The van der Waals surface area contributed by atoms with Crippen molar-refractivity contribution in [2.75, 3.05) is 5.32 Å². The molecule has 1 aliphatic rings. The lowest BCUT2D eigenvalue weighted by Gasteiger charge is -2.15. The molecular weight excluding hydrogens is 311 g/mol. The van der Waals surface area contributed by atoms with Crippen LogP contribution in [0.2, 0.25) is 0 Å². The Morgan fingerprint density at radius 2 is 2.00 bits per heavy atom. The molecule has 1 heterocycles. The van der Waals surface area contributed by atoms with Crippen molar-refractivity contribution >= 4 is 17.5 Å². The van der Waals surface area contributed by atoms with Crippen molar-refractivity contribution in [3.8, 4) is 0 Å². The fourth-order valence-corrected chi connectivity index (χ4v) is 2.80. The Bertz CT molecular complexity index is 772. The van der Waals surface area contributed by atoms with Crippen molar-refractivity contribution in [2.45, 2.75) is 38.6 Å². The highest BCUT2D eigenvalue weighted by molar-refractivity contribution is 6.00. The summed E-state index contributed by atoms with van der Waals surface area (Å²) in [6, 6.07) is 5.07. The highest BCUT2D eigenvalue weighted by atomic mass is 19.1. The molecular formula is C17H19FN4O2. The van der Waals surface area contributed by atoms with Crippen LogP contribution in [0.5, 0.6) is 0 Å². The van der Waals surface area contributed by atoms with Crippen molar-refractivity contribution in [3.05, 3.63) is 47.0 Å². The first-order valence-corrected chi connectivity index (χ1v) is 7.98. The summed E-state index contributed by atoms with van der Waals surface area (Å²) in [6.45, 7) is 1.55. The van der Waals surface area contributed by atoms with Gasteiger partial charge >= 0.3 is 0 Å². The maximum atomic E-state index is 13.6. The quantitative estimate of drug-likeness (QED) is 0.803. The lowest BCUT2D eigenvalue weighted by atomic mass is 9.95. The number of hydrogen-bond donors (Lipinski definition) is 3.